The molecule has 2 aromatic carbocycles. The van der Waals surface area contributed by atoms with Gasteiger partial charge < -0.3 is 19.9 Å². The average molecular weight is 470 g/mol. The Morgan fingerprint density at radius 1 is 1.03 bits per heavy atom. The Kier molecular flexibility index (Phi) is 7.43. The highest BCUT2D eigenvalue weighted by Gasteiger charge is 2.34. The Hall–Kier alpha value is -3.33. The Morgan fingerprint density at radius 3 is 2.33 bits per heavy atom. The first-order valence-electron chi connectivity index (χ1n) is 10.4. The summed E-state index contributed by atoms with van der Waals surface area (Å²) in [6.45, 7) is 4.67. The molecule has 1 amide bonds. The predicted octanol–water partition coefficient (Wildman–Crippen LogP) is 4.03. The van der Waals surface area contributed by atoms with Crippen LogP contribution in [0.4, 0.5) is 21.8 Å². The standard InChI is InChI=1S/C24H26FN5O2.H2S/c1-15-21-22(29(3)16(2)23(31)30(21)4)28-24(27-15)26-13-17-7-11-20(12-8-17)32-14-18-5-9-19(25)10-6-18;/h5-12,16H,13-14H2,1-4H3,(H,26,27,28);1H2/t16-;/m0./s1. The minimum Gasteiger partial charge on any atom is -0.489 e. The lowest BCUT2D eigenvalue weighted by atomic mass is 10.1. The molecule has 7 nitrogen and oxygen atoms in total. The molecule has 1 aromatic heterocycles. The highest BCUT2D eigenvalue weighted by atomic mass is 32.1. The maximum Gasteiger partial charge on any atom is 0.249 e. The molecule has 0 fully saturated rings. The van der Waals surface area contributed by atoms with Crippen LogP contribution in [0.15, 0.2) is 48.5 Å². The lowest BCUT2D eigenvalue weighted by Gasteiger charge is -2.37. The zero-order valence-corrected chi connectivity index (χ0v) is 20.1. The second kappa shape index (κ2) is 10.1. The Balaban J connectivity index is 0.00000306. The fraction of sp³-hybridized carbons (Fsp3) is 0.292. The smallest absolute Gasteiger partial charge is 0.249 e. The van der Waals surface area contributed by atoms with Gasteiger partial charge in [0.1, 0.15) is 29.9 Å². The summed E-state index contributed by atoms with van der Waals surface area (Å²) in [4.78, 5) is 25.1. The molecule has 1 N–H and O–H groups in total. The molecule has 33 heavy (non-hydrogen) atoms. The number of hydrogen-bond donors (Lipinski definition) is 1. The van der Waals surface area contributed by atoms with Gasteiger partial charge in [0.25, 0.3) is 0 Å². The van der Waals surface area contributed by atoms with Gasteiger partial charge in [-0.1, -0.05) is 24.3 Å². The Bertz CT molecular complexity index is 1120. The van der Waals surface area contributed by atoms with E-state index in [4.69, 9.17) is 4.74 Å². The summed E-state index contributed by atoms with van der Waals surface area (Å²) in [7, 11) is 3.63. The van der Waals surface area contributed by atoms with E-state index in [9.17, 15) is 9.18 Å². The number of hydrogen-bond acceptors (Lipinski definition) is 6. The zero-order chi connectivity index (χ0) is 22.8. The van der Waals surface area contributed by atoms with Crippen LogP contribution in [0.25, 0.3) is 0 Å². The number of carbonyl (C=O) groups excluding carboxylic acids is 1. The molecule has 2 heterocycles. The van der Waals surface area contributed by atoms with Gasteiger partial charge in [-0.3, -0.25) is 4.79 Å². The number of aromatic nitrogens is 2. The van der Waals surface area contributed by atoms with Gasteiger partial charge in [-0.15, -0.1) is 0 Å². The van der Waals surface area contributed by atoms with E-state index >= 15 is 0 Å². The van der Waals surface area contributed by atoms with Gasteiger partial charge in [0.15, 0.2) is 5.82 Å². The average Bonchev–Trinajstić information content (AvgIpc) is 2.80. The van der Waals surface area contributed by atoms with Gasteiger partial charge in [-0.05, 0) is 49.2 Å². The van der Waals surface area contributed by atoms with Crippen molar-refractivity contribution in [3.8, 4) is 5.75 Å². The van der Waals surface area contributed by atoms with Gasteiger partial charge in [0.05, 0.1) is 5.69 Å². The van der Waals surface area contributed by atoms with Crippen LogP contribution in [0.3, 0.4) is 0 Å². The quantitative estimate of drug-likeness (QED) is 0.588. The van der Waals surface area contributed by atoms with Crippen molar-refractivity contribution in [2.45, 2.75) is 33.0 Å². The molecule has 1 atom stereocenters. The van der Waals surface area contributed by atoms with Crippen molar-refractivity contribution in [2.75, 3.05) is 29.2 Å². The Morgan fingerprint density at radius 2 is 1.67 bits per heavy atom. The number of carbonyl (C=O) groups is 1. The van der Waals surface area contributed by atoms with Crippen LogP contribution >= 0.6 is 13.5 Å². The van der Waals surface area contributed by atoms with E-state index in [2.05, 4.69) is 15.3 Å². The molecule has 0 unspecified atom stereocenters. The van der Waals surface area contributed by atoms with Crippen molar-refractivity contribution in [2.24, 2.45) is 0 Å². The van der Waals surface area contributed by atoms with Crippen LogP contribution < -0.4 is 19.9 Å². The third-order valence-electron chi connectivity index (χ3n) is 5.67. The number of ether oxygens (including phenoxy) is 1. The first-order valence-corrected chi connectivity index (χ1v) is 10.4. The molecule has 9 heteroatoms. The van der Waals surface area contributed by atoms with Gasteiger partial charge in [0.2, 0.25) is 11.9 Å². The van der Waals surface area contributed by atoms with Gasteiger partial charge in [-0.2, -0.15) is 18.5 Å². The number of anilines is 3. The summed E-state index contributed by atoms with van der Waals surface area (Å²) < 4.78 is 18.8. The molecule has 4 rings (SSSR count). The molecular weight excluding hydrogens is 441 g/mol. The summed E-state index contributed by atoms with van der Waals surface area (Å²) in [6, 6.07) is 13.7. The second-order valence-electron chi connectivity index (χ2n) is 7.90. The number of halogens is 1. The van der Waals surface area contributed by atoms with E-state index in [0.717, 1.165) is 34.1 Å². The van der Waals surface area contributed by atoms with Crippen molar-refractivity contribution < 1.29 is 13.9 Å². The number of fused-ring (bicyclic) bond motifs is 1. The summed E-state index contributed by atoms with van der Waals surface area (Å²) in [5.41, 5.74) is 3.44. The molecule has 1 aliphatic rings. The molecule has 0 aliphatic carbocycles. The third kappa shape index (κ3) is 5.19. The van der Waals surface area contributed by atoms with Crippen molar-refractivity contribution in [3.63, 3.8) is 0 Å². The first kappa shape index (κ1) is 24.3. The highest BCUT2D eigenvalue weighted by molar-refractivity contribution is 7.59. The lowest BCUT2D eigenvalue weighted by molar-refractivity contribution is -0.119. The largest absolute Gasteiger partial charge is 0.489 e. The van der Waals surface area contributed by atoms with Crippen molar-refractivity contribution in [3.05, 3.63) is 71.2 Å². The van der Waals surface area contributed by atoms with Crippen LogP contribution in [0.2, 0.25) is 0 Å². The molecule has 0 saturated carbocycles. The maximum atomic E-state index is 13.0. The van der Waals surface area contributed by atoms with Gasteiger partial charge in [0, 0.05) is 20.6 Å². The number of nitrogens with one attached hydrogen (secondary N) is 1. The minimum atomic E-state index is -0.280. The van der Waals surface area contributed by atoms with Crippen LogP contribution in [-0.4, -0.2) is 36.0 Å². The number of amides is 1. The zero-order valence-electron chi connectivity index (χ0n) is 19.1. The number of nitrogens with zero attached hydrogens (tertiary/aromatic N) is 4. The fourth-order valence-electron chi connectivity index (χ4n) is 3.64. The number of likely N-dealkylation sites (N-methyl/N-ethyl adjacent to an activating group) is 2. The summed E-state index contributed by atoms with van der Waals surface area (Å²) in [5.74, 6) is 1.75. The van der Waals surface area contributed by atoms with Gasteiger partial charge >= 0.3 is 0 Å². The maximum absolute atomic E-state index is 13.0. The van der Waals surface area contributed by atoms with E-state index < -0.39 is 0 Å². The summed E-state index contributed by atoms with van der Waals surface area (Å²) in [6.07, 6.45) is 0. The summed E-state index contributed by atoms with van der Waals surface area (Å²) in [5, 5.41) is 3.27. The van der Waals surface area contributed by atoms with Gasteiger partial charge in [-0.25, -0.2) is 9.37 Å². The molecule has 0 spiro atoms. The van der Waals surface area contributed by atoms with Crippen LogP contribution in [0.5, 0.6) is 5.75 Å². The molecular formula is C24H28FN5O2S. The van der Waals surface area contributed by atoms with E-state index in [1.54, 1.807) is 24.1 Å². The normalized spacial score (nSPS) is 15.1. The van der Waals surface area contributed by atoms with Crippen LogP contribution in [-0.2, 0) is 17.9 Å². The van der Waals surface area contributed by atoms with E-state index in [-0.39, 0.29) is 31.3 Å². The third-order valence-corrected chi connectivity index (χ3v) is 5.67. The van der Waals surface area contributed by atoms with Crippen molar-refractivity contribution in [1.82, 2.24) is 9.97 Å². The minimum absolute atomic E-state index is 0. The molecule has 0 radical (unpaired) electrons. The molecule has 0 saturated heterocycles. The topological polar surface area (TPSA) is 70.6 Å². The van der Waals surface area contributed by atoms with E-state index in [1.165, 1.54) is 12.1 Å². The number of rotatable bonds is 6. The molecule has 1 aliphatic heterocycles. The SMILES string of the molecule is Cc1nc(NCc2ccc(OCc3ccc(F)cc3)cc2)nc2c1N(C)C(=O)[C@H](C)N2C.S. The van der Waals surface area contributed by atoms with Crippen molar-refractivity contribution >= 4 is 36.9 Å². The summed E-state index contributed by atoms with van der Waals surface area (Å²) >= 11 is 0. The predicted molar refractivity (Wildman–Crippen MR) is 133 cm³/mol. The Labute approximate surface area is 200 Å². The van der Waals surface area contributed by atoms with Crippen LogP contribution in [0, 0.1) is 12.7 Å². The van der Waals surface area contributed by atoms with Crippen LogP contribution in [0.1, 0.15) is 23.7 Å². The fourth-order valence-corrected chi connectivity index (χ4v) is 3.64. The highest BCUT2D eigenvalue weighted by Crippen LogP contribution is 2.35. The number of benzene rings is 2. The molecule has 3 aromatic rings. The number of aryl methyl sites for hydroxylation is 1. The lowest BCUT2D eigenvalue weighted by Crippen LogP contribution is -2.49. The molecule has 0 bridgehead atoms. The first-order chi connectivity index (χ1) is 15.3. The van der Waals surface area contributed by atoms with Crippen molar-refractivity contribution in [1.29, 1.82) is 0 Å². The van der Waals surface area contributed by atoms with E-state index in [0.29, 0.717) is 19.1 Å². The van der Waals surface area contributed by atoms with E-state index in [1.807, 2.05) is 50.1 Å². The molecule has 174 valence electrons. The monoisotopic (exact) mass is 469 g/mol. The second-order valence-corrected chi connectivity index (χ2v) is 7.90.